The van der Waals surface area contributed by atoms with Crippen LogP contribution in [0.2, 0.25) is 0 Å². The first-order valence-electron chi connectivity index (χ1n) is 6.81. The molecule has 2 heterocycles. The Labute approximate surface area is 109 Å². The number of hydrogen-bond donors (Lipinski definition) is 2. The van der Waals surface area contributed by atoms with Gasteiger partial charge < -0.3 is 10.4 Å². The van der Waals surface area contributed by atoms with E-state index in [4.69, 9.17) is 0 Å². The third-order valence-electron chi connectivity index (χ3n) is 4.21. The molecule has 0 aliphatic carbocycles. The molecule has 2 N–H and O–H groups in total. The second-order valence-electron chi connectivity index (χ2n) is 6.40. The molecule has 4 heteroatoms. The fraction of sp³-hybridized carbons (Fsp3) is 0.786. The molecule has 1 aliphatic heterocycles. The number of hydrogen-bond acceptors (Lipinski definition) is 3. The van der Waals surface area contributed by atoms with Gasteiger partial charge in [-0.2, -0.15) is 5.10 Å². The quantitative estimate of drug-likeness (QED) is 0.860. The molecule has 1 unspecified atom stereocenters. The predicted molar refractivity (Wildman–Crippen MR) is 72.5 cm³/mol. The van der Waals surface area contributed by atoms with E-state index in [1.54, 1.807) is 0 Å². The fourth-order valence-corrected chi connectivity index (χ4v) is 2.59. The topological polar surface area (TPSA) is 50.1 Å². The smallest absolute Gasteiger partial charge is 0.0778 e. The second kappa shape index (κ2) is 4.67. The Hall–Kier alpha value is -0.870. The summed E-state index contributed by atoms with van der Waals surface area (Å²) < 4.78 is 1.95. The third kappa shape index (κ3) is 2.45. The van der Waals surface area contributed by atoms with Crippen molar-refractivity contribution < 1.29 is 5.11 Å². The van der Waals surface area contributed by atoms with Gasteiger partial charge in [0.15, 0.2) is 0 Å². The van der Waals surface area contributed by atoms with Crippen molar-refractivity contribution in [2.45, 2.75) is 52.2 Å². The molecule has 0 amide bonds. The van der Waals surface area contributed by atoms with Gasteiger partial charge in [-0.1, -0.05) is 13.8 Å². The summed E-state index contributed by atoms with van der Waals surface area (Å²) in [5.41, 5.74) is 0.211. The SMILES string of the molecule is CC(C)n1ccc(CC2(O)CCNCC2(C)C)n1. The van der Waals surface area contributed by atoms with E-state index < -0.39 is 5.60 Å². The van der Waals surface area contributed by atoms with Gasteiger partial charge in [-0.3, -0.25) is 4.68 Å². The van der Waals surface area contributed by atoms with Gasteiger partial charge in [-0.05, 0) is 32.9 Å². The summed E-state index contributed by atoms with van der Waals surface area (Å²) >= 11 is 0. The number of rotatable bonds is 3. The summed E-state index contributed by atoms with van der Waals surface area (Å²) in [6, 6.07) is 2.39. The zero-order valence-corrected chi connectivity index (χ0v) is 11.9. The van der Waals surface area contributed by atoms with Crippen molar-refractivity contribution in [1.29, 1.82) is 0 Å². The van der Waals surface area contributed by atoms with Crippen LogP contribution in [0.3, 0.4) is 0 Å². The van der Waals surface area contributed by atoms with Gasteiger partial charge >= 0.3 is 0 Å². The maximum absolute atomic E-state index is 10.9. The van der Waals surface area contributed by atoms with Crippen LogP contribution in [-0.4, -0.2) is 33.6 Å². The van der Waals surface area contributed by atoms with Gasteiger partial charge in [0.2, 0.25) is 0 Å². The molecule has 0 radical (unpaired) electrons. The molecule has 1 saturated heterocycles. The first-order valence-corrected chi connectivity index (χ1v) is 6.81. The van der Waals surface area contributed by atoms with Gasteiger partial charge in [-0.25, -0.2) is 0 Å². The van der Waals surface area contributed by atoms with Crippen LogP contribution in [0.25, 0.3) is 0 Å². The highest BCUT2D eigenvalue weighted by molar-refractivity contribution is 5.09. The number of nitrogens with zero attached hydrogens (tertiary/aromatic N) is 2. The predicted octanol–water partition coefficient (Wildman–Crippen LogP) is 1.76. The van der Waals surface area contributed by atoms with Crippen molar-refractivity contribution in [3.05, 3.63) is 18.0 Å². The normalized spacial score (nSPS) is 27.7. The first kappa shape index (κ1) is 13.6. The molecule has 18 heavy (non-hydrogen) atoms. The van der Waals surface area contributed by atoms with Crippen molar-refractivity contribution in [2.24, 2.45) is 5.41 Å². The number of aliphatic hydroxyl groups is 1. The molecule has 1 aliphatic rings. The monoisotopic (exact) mass is 251 g/mol. The molecule has 1 aromatic rings. The Morgan fingerprint density at radius 1 is 1.50 bits per heavy atom. The second-order valence-corrected chi connectivity index (χ2v) is 6.40. The van der Waals surface area contributed by atoms with E-state index in [-0.39, 0.29) is 5.41 Å². The van der Waals surface area contributed by atoms with Crippen LogP contribution in [-0.2, 0) is 6.42 Å². The average molecular weight is 251 g/mol. The van der Waals surface area contributed by atoms with Crippen LogP contribution >= 0.6 is 0 Å². The number of nitrogens with one attached hydrogen (secondary N) is 1. The molecule has 4 nitrogen and oxygen atoms in total. The highest BCUT2D eigenvalue weighted by atomic mass is 16.3. The standard InChI is InChI=1S/C14H25N3O/c1-11(2)17-8-5-12(16-17)9-14(18)6-7-15-10-13(14,3)4/h5,8,11,15,18H,6-7,9-10H2,1-4H3. The number of aromatic nitrogens is 2. The number of piperidine rings is 1. The van der Waals surface area contributed by atoms with Crippen molar-refractivity contribution in [1.82, 2.24) is 15.1 Å². The summed E-state index contributed by atoms with van der Waals surface area (Å²) in [7, 11) is 0. The van der Waals surface area contributed by atoms with E-state index in [0.717, 1.165) is 25.2 Å². The molecular weight excluding hydrogens is 226 g/mol. The lowest BCUT2D eigenvalue weighted by molar-refractivity contribution is -0.0876. The minimum absolute atomic E-state index is 0.118. The Kier molecular flexibility index (Phi) is 3.52. The third-order valence-corrected chi connectivity index (χ3v) is 4.21. The molecule has 0 bridgehead atoms. The molecule has 102 valence electrons. The maximum atomic E-state index is 10.9. The van der Waals surface area contributed by atoms with Crippen LogP contribution in [0, 0.1) is 5.41 Å². The van der Waals surface area contributed by atoms with Gasteiger partial charge in [0, 0.05) is 30.6 Å². The lowest BCUT2D eigenvalue weighted by Crippen LogP contribution is -2.57. The van der Waals surface area contributed by atoms with Gasteiger partial charge in [-0.15, -0.1) is 0 Å². The Morgan fingerprint density at radius 2 is 2.22 bits per heavy atom. The van der Waals surface area contributed by atoms with E-state index in [9.17, 15) is 5.11 Å². The minimum Gasteiger partial charge on any atom is -0.389 e. The Bertz CT molecular complexity index is 411. The molecule has 0 aromatic carbocycles. The van der Waals surface area contributed by atoms with Crippen molar-refractivity contribution in [3.8, 4) is 0 Å². The van der Waals surface area contributed by atoms with Crippen molar-refractivity contribution >= 4 is 0 Å². The van der Waals surface area contributed by atoms with Crippen LogP contribution in [0.1, 0.15) is 45.9 Å². The molecule has 0 spiro atoms. The highest BCUT2D eigenvalue weighted by Crippen LogP contribution is 2.38. The summed E-state index contributed by atoms with van der Waals surface area (Å²) in [6.45, 7) is 10.2. The molecule has 2 rings (SSSR count). The summed E-state index contributed by atoms with van der Waals surface area (Å²) in [5.74, 6) is 0. The fourth-order valence-electron chi connectivity index (χ4n) is 2.59. The first-order chi connectivity index (χ1) is 8.34. The van der Waals surface area contributed by atoms with Crippen LogP contribution in [0.5, 0.6) is 0 Å². The van der Waals surface area contributed by atoms with Gasteiger partial charge in [0.25, 0.3) is 0 Å². The van der Waals surface area contributed by atoms with Crippen LogP contribution in [0.4, 0.5) is 0 Å². The van der Waals surface area contributed by atoms with Crippen LogP contribution in [0.15, 0.2) is 12.3 Å². The van der Waals surface area contributed by atoms with E-state index >= 15 is 0 Å². The summed E-state index contributed by atoms with van der Waals surface area (Å²) in [4.78, 5) is 0. The zero-order valence-electron chi connectivity index (χ0n) is 11.9. The van der Waals surface area contributed by atoms with E-state index in [2.05, 4.69) is 38.1 Å². The molecular formula is C14H25N3O. The Balaban J connectivity index is 2.15. The zero-order chi connectivity index (χ0) is 13.4. The molecule has 1 atom stereocenters. The molecule has 0 saturated carbocycles. The highest BCUT2D eigenvalue weighted by Gasteiger charge is 2.45. The maximum Gasteiger partial charge on any atom is 0.0778 e. The van der Waals surface area contributed by atoms with Crippen molar-refractivity contribution in [3.63, 3.8) is 0 Å². The van der Waals surface area contributed by atoms with E-state index in [0.29, 0.717) is 12.5 Å². The van der Waals surface area contributed by atoms with E-state index in [1.807, 2.05) is 16.9 Å². The Morgan fingerprint density at radius 3 is 2.78 bits per heavy atom. The van der Waals surface area contributed by atoms with Crippen LogP contribution < -0.4 is 5.32 Å². The lowest BCUT2D eigenvalue weighted by Gasteiger charge is -2.46. The molecule has 1 fully saturated rings. The van der Waals surface area contributed by atoms with Gasteiger partial charge in [0.05, 0.1) is 11.3 Å². The molecule has 1 aromatic heterocycles. The summed E-state index contributed by atoms with van der Waals surface area (Å²) in [5, 5.41) is 18.8. The minimum atomic E-state index is -0.658. The largest absolute Gasteiger partial charge is 0.389 e. The summed E-state index contributed by atoms with van der Waals surface area (Å²) in [6.07, 6.45) is 3.42. The van der Waals surface area contributed by atoms with E-state index in [1.165, 1.54) is 0 Å². The van der Waals surface area contributed by atoms with Crippen molar-refractivity contribution in [2.75, 3.05) is 13.1 Å². The average Bonchev–Trinajstić information content (AvgIpc) is 2.71. The lowest BCUT2D eigenvalue weighted by atomic mass is 9.68. The van der Waals surface area contributed by atoms with Gasteiger partial charge in [0.1, 0.15) is 0 Å².